The summed E-state index contributed by atoms with van der Waals surface area (Å²) in [5.74, 6) is -0.0685. The van der Waals surface area contributed by atoms with Gasteiger partial charge in [0.05, 0.1) is 0 Å². The summed E-state index contributed by atoms with van der Waals surface area (Å²) in [6.07, 6.45) is 4.42. The fourth-order valence-corrected chi connectivity index (χ4v) is 4.18. The van der Waals surface area contributed by atoms with Crippen LogP contribution in [0.15, 0.2) is 48.5 Å². The molecule has 0 spiro atoms. The molecule has 2 nitrogen and oxygen atoms in total. The van der Waals surface area contributed by atoms with Crippen LogP contribution in [0, 0.1) is 5.82 Å². The Bertz CT molecular complexity index is 692. The molecule has 0 saturated carbocycles. The van der Waals surface area contributed by atoms with Crippen molar-refractivity contribution in [2.45, 2.75) is 31.7 Å². The Balaban J connectivity index is 1.31. The third-order valence-corrected chi connectivity index (χ3v) is 5.58. The van der Waals surface area contributed by atoms with Gasteiger partial charge < -0.3 is 9.80 Å². The molecule has 0 aliphatic carbocycles. The van der Waals surface area contributed by atoms with Gasteiger partial charge in [-0.1, -0.05) is 36.4 Å². The number of halogens is 1. The van der Waals surface area contributed by atoms with Crippen molar-refractivity contribution >= 4 is 5.69 Å². The molecule has 0 amide bonds. The van der Waals surface area contributed by atoms with Gasteiger partial charge in [0.25, 0.3) is 0 Å². The van der Waals surface area contributed by atoms with Crippen LogP contribution in [0.4, 0.5) is 10.1 Å². The van der Waals surface area contributed by atoms with Crippen LogP contribution in [0.3, 0.4) is 0 Å². The van der Waals surface area contributed by atoms with Gasteiger partial charge in [-0.05, 0) is 48.9 Å². The minimum Gasteiger partial charge on any atom is -0.368 e. The van der Waals surface area contributed by atoms with Crippen LogP contribution in [-0.4, -0.2) is 37.1 Å². The minimum absolute atomic E-state index is 0.0685. The number of anilines is 1. The maximum absolute atomic E-state index is 13.7. The van der Waals surface area contributed by atoms with Gasteiger partial charge in [0.15, 0.2) is 0 Å². The highest BCUT2D eigenvalue weighted by atomic mass is 19.1. The fraction of sp³-hybridized carbons (Fsp3) is 0.429. The van der Waals surface area contributed by atoms with Crippen LogP contribution < -0.4 is 4.90 Å². The number of nitrogens with zero attached hydrogens (tertiary/aromatic N) is 2. The summed E-state index contributed by atoms with van der Waals surface area (Å²) >= 11 is 0. The normalized spacial score (nSPS) is 18.8. The van der Waals surface area contributed by atoms with Crippen LogP contribution in [0.25, 0.3) is 0 Å². The molecule has 0 bridgehead atoms. The Labute approximate surface area is 143 Å². The van der Waals surface area contributed by atoms with Crippen molar-refractivity contribution in [2.75, 3.05) is 31.1 Å². The molecular weight excluding hydrogens is 299 g/mol. The van der Waals surface area contributed by atoms with Gasteiger partial charge >= 0.3 is 0 Å². The lowest BCUT2D eigenvalue weighted by molar-refractivity contribution is 0.211. The molecule has 4 rings (SSSR count). The summed E-state index contributed by atoms with van der Waals surface area (Å²) in [5, 5.41) is 0. The largest absolute Gasteiger partial charge is 0.368 e. The molecule has 0 N–H and O–H groups in total. The van der Waals surface area contributed by atoms with E-state index in [9.17, 15) is 4.39 Å². The van der Waals surface area contributed by atoms with Crippen molar-refractivity contribution in [3.63, 3.8) is 0 Å². The van der Waals surface area contributed by atoms with Crippen LogP contribution in [0.5, 0.6) is 0 Å². The number of para-hydroxylation sites is 1. The second kappa shape index (κ2) is 6.94. The predicted octanol–water partition coefficient (Wildman–Crippen LogP) is 3.90. The Morgan fingerprint density at radius 2 is 1.67 bits per heavy atom. The van der Waals surface area contributed by atoms with E-state index in [-0.39, 0.29) is 5.82 Å². The van der Waals surface area contributed by atoms with Gasteiger partial charge in [-0.3, -0.25) is 0 Å². The van der Waals surface area contributed by atoms with Crippen molar-refractivity contribution in [3.05, 3.63) is 65.5 Å². The van der Waals surface area contributed by atoms with E-state index in [0.29, 0.717) is 6.04 Å². The van der Waals surface area contributed by atoms with Gasteiger partial charge in [0.1, 0.15) is 5.82 Å². The average Bonchev–Trinajstić information content (AvgIpc) is 3.06. The molecule has 24 heavy (non-hydrogen) atoms. The standard InChI is InChI=1S/C21H25FN2/c22-20-7-3-1-5-17(20)9-13-23-14-11-19(12-15-23)24-16-10-18-6-2-4-8-21(18)24/h1-8,19H,9-16H2. The van der Waals surface area contributed by atoms with E-state index in [2.05, 4.69) is 34.1 Å². The molecule has 2 heterocycles. The van der Waals surface area contributed by atoms with Gasteiger partial charge in [0.2, 0.25) is 0 Å². The first-order chi connectivity index (χ1) is 11.8. The van der Waals surface area contributed by atoms with Crippen LogP contribution in [0.1, 0.15) is 24.0 Å². The summed E-state index contributed by atoms with van der Waals surface area (Å²) in [4.78, 5) is 5.11. The van der Waals surface area contributed by atoms with E-state index in [0.717, 1.165) is 31.6 Å². The highest BCUT2D eigenvalue weighted by Crippen LogP contribution is 2.32. The van der Waals surface area contributed by atoms with Gasteiger partial charge in [-0.2, -0.15) is 0 Å². The number of benzene rings is 2. The number of rotatable bonds is 4. The minimum atomic E-state index is -0.0685. The molecule has 2 aliphatic rings. The lowest BCUT2D eigenvalue weighted by Crippen LogP contribution is -2.45. The van der Waals surface area contributed by atoms with E-state index in [4.69, 9.17) is 0 Å². The van der Waals surface area contributed by atoms with Crippen molar-refractivity contribution in [1.82, 2.24) is 4.90 Å². The fourth-order valence-electron chi connectivity index (χ4n) is 4.18. The Morgan fingerprint density at radius 3 is 2.50 bits per heavy atom. The molecule has 1 fully saturated rings. The van der Waals surface area contributed by atoms with Crippen molar-refractivity contribution in [2.24, 2.45) is 0 Å². The zero-order chi connectivity index (χ0) is 16.4. The molecule has 2 aliphatic heterocycles. The van der Waals surface area contributed by atoms with E-state index in [1.165, 1.54) is 37.1 Å². The SMILES string of the molecule is Fc1ccccc1CCN1CCC(N2CCc3ccccc32)CC1. The molecule has 1 saturated heterocycles. The van der Waals surface area contributed by atoms with E-state index < -0.39 is 0 Å². The summed E-state index contributed by atoms with van der Waals surface area (Å²) < 4.78 is 13.7. The molecule has 126 valence electrons. The number of hydrogen-bond acceptors (Lipinski definition) is 2. The lowest BCUT2D eigenvalue weighted by Gasteiger charge is -2.38. The number of likely N-dealkylation sites (tertiary alicyclic amines) is 1. The molecule has 0 atom stereocenters. The quantitative estimate of drug-likeness (QED) is 0.842. The zero-order valence-corrected chi connectivity index (χ0v) is 14.1. The first kappa shape index (κ1) is 15.6. The molecule has 3 heteroatoms. The maximum atomic E-state index is 13.7. The first-order valence-electron chi connectivity index (χ1n) is 9.11. The van der Waals surface area contributed by atoms with Crippen molar-refractivity contribution in [1.29, 1.82) is 0 Å². The molecule has 2 aromatic rings. The summed E-state index contributed by atoms with van der Waals surface area (Å²) in [6.45, 7) is 4.37. The van der Waals surface area contributed by atoms with Crippen LogP contribution >= 0.6 is 0 Å². The molecule has 0 unspecified atom stereocenters. The number of piperidine rings is 1. The smallest absolute Gasteiger partial charge is 0.126 e. The van der Waals surface area contributed by atoms with E-state index >= 15 is 0 Å². The van der Waals surface area contributed by atoms with Gasteiger partial charge in [-0.25, -0.2) is 4.39 Å². The van der Waals surface area contributed by atoms with Crippen LogP contribution in [-0.2, 0) is 12.8 Å². The summed E-state index contributed by atoms with van der Waals surface area (Å²) in [6, 6.07) is 16.7. The molecule has 0 aromatic heterocycles. The Kier molecular flexibility index (Phi) is 4.52. The Hall–Kier alpha value is -1.87. The number of fused-ring (bicyclic) bond motifs is 1. The third kappa shape index (κ3) is 3.18. The molecular formula is C21H25FN2. The topological polar surface area (TPSA) is 6.48 Å². The summed E-state index contributed by atoms with van der Waals surface area (Å²) in [7, 11) is 0. The Morgan fingerprint density at radius 1 is 0.917 bits per heavy atom. The second-order valence-electron chi connectivity index (χ2n) is 6.99. The first-order valence-corrected chi connectivity index (χ1v) is 9.11. The maximum Gasteiger partial charge on any atom is 0.126 e. The lowest BCUT2D eigenvalue weighted by atomic mass is 10.0. The zero-order valence-electron chi connectivity index (χ0n) is 14.1. The molecule has 0 radical (unpaired) electrons. The monoisotopic (exact) mass is 324 g/mol. The van der Waals surface area contributed by atoms with Gasteiger partial charge in [-0.15, -0.1) is 0 Å². The van der Waals surface area contributed by atoms with Crippen molar-refractivity contribution < 1.29 is 4.39 Å². The number of hydrogen-bond donors (Lipinski definition) is 0. The highest BCUT2D eigenvalue weighted by molar-refractivity contribution is 5.58. The third-order valence-electron chi connectivity index (χ3n) is 5.58. The predicted molar refractivity (Wildman–Crippen MR) is 97.1 cm³/mol. The second-order valence-corrected chi connectivity index (χ2v) is 6.99. The van der Waals surface area contributed by atoms with E-state index in [1.807, 2.05) is 12.1 Å². The highest BCUT2D eigenvalue weighted by Gasteiger charge is 2.28. The van der Waals surface area contributed by atoms with Gasteiger partial charge in [0, 0.05) is 37.9 Å². The van der Waals surface area contributed by atoms with E-state index in [1.54, 1.807) is 12.1 Å². The van der Waals surface area contributed by atoms with Crippen LogP contribution in [0.2, 0.25) is 0 Å². The van der Waals surface area contributed by atoms with Crippen molar-refractivity contribution in [3.8, 4) is 0 Å². The average molecular weight is 324 g/mol. The molecule has 2 aromatic carbocycles. The summed E-state index contributed by atoms with van der Waals surface area (Å²) in [5.41, 5.74) is 3.79.